The predicted octanol–water partition coefficient (Wildman–Crippen LogP) is 5.09. The zero-order chi connectivity index (χ0) is 56.0. The quantitative estimate of drug-likeness (QED) is 0.0687. The number of nitro benzene ring substituents is 1. The highest BCUT2D eigenvalue weighted by atomic mass is 16.7. The van der Waals surface area contributed by atoms with E-state index in [1.165, 1.54) is 26.2 Å². The summed E-state index contributed by atoms with van der Waals surface area (Å²) in [5.74, 6) is -3.66. The van der Waals surface area contributed by atoms with Crippen LogP contribution in [-0.4, -0.2) is 187 Å². The second-order valence-corrected chi connectivity index (χ2v) is 20.8. The fourth-order valence-electron chi connectivity index (χ4n) is 10.5. The monoisotopic (exact) mass is 1070 g/mol. The van der Waals surface area contributed by atoms with Crippen LogP contribution < -0.4 is 0 Å². The number of nitro groups is 1. The summed E-state index contributed by atoms with van der Waals surface area (Å²) in [6.45, 7) is 12.2. The Labute approximate surface area is 445 Å². The third kappa shape index (κ3) is 16.7. The molecule has 3 saturated heterocycles. The Bertz CT molecular complexity index is 2300. The average Bonchev–Trinajstić information content (AvgIpc) is 3.34. The SMILES string of the molecule is CCC(=O)O[C@@H]1CC(=O)O[C@@H](C/C=C/c2cnc3ccc([N+](=O)[O-])cc3c2)CCCN(C)C[C@H](O)[C@H](C)C[C@H](CC=O)[C@H](O[C@@H]2OC(C)[C@H](O[C@H]3CC(C)(OC(C)=O)[C@@H](OC(=O)CC)C(C)O3)C(N(C)C)C2O)[C@H]1OC. The zero-order valence-electron chi connectivity index (χ0n) is 45.8. The molecule has 0 spiro atoms. The molecule has 0 radical (unpaired) electrons. The highest BCUT2D eigenvalue weighted by molar-refractivity contribution is 5.83. The lowest BCUT2D eigenvalue weighted by atomic mass is 9.82. The molecule has 1 aromatic carbocycles. The number of aliphatic hydroxyl groups is 2. The lowest BCUT2D eigenvalue weighted by Crippen LogP contribution is -2.66. The molecule has 2 aromatic rings. The molecule has 5 unspecified atom stereocenters. The van der Waals surface area contributed by atoms with Gasteiger partial charge in [0.25, 0.3) is 5.69 Å². The number of rotatable bonds is 17. The minimum absolute atomic E-state index is 0.0421. The number of benzene rings is 1. The van der Waals surface area contributed by atoms with Crippen molar-refractivity contribution in [1.82, 2.24) is 14.8 Å². The van der Waals surface area contributed by atoms with Gasteiger partial charge in [-0.2, -0.15) is 0 Å². The molecule has 424 valence electrons. The van der Waals surface area contributed by atoms with Crippen LogP contribution in [-0.2, 0) is 66.6 Å². The second-order valence-electron chi connectivity index (χ2n) is 20.8. The van der Waals surface area contributed by atoms with Crippen LogP contribution in [0.1, 0.15) is 112 Å². The maximum Gasteiger partial charge on any atom is 0.309 e. The van der Waals surface area contributed by atoms with Gasteiger partial charge in [-0.1, -0.05) is 32.9 Å². The van der Waals surface area contributed by atoms with E-state index in [-0.39, 0.29) is 50.8 Å². The molecule has 2 N–H and O–H groups in total. The Morgan fingerprint density at radius 1 is 1.00 bits per heavy atom. The third-order valence-corrected chi connectivity index (χ3v) is 14.4. The van der Waals surface area contributed by atoms with E-state index in [9.17, 15) is 44.3 Å². The van der Waals surface area contributed by atoms with Gasteiger partial charge in [0, 0.05) is 76.4 Å². The van der Waals surface area contributed by atoms with E-state index in [1.807, 2.05) is 24.9 Å². The van der Waals surface area contributed by atoms with Crippen LogP contribution in [0.3, 0.4) is 0 Å². The van der Waals surface area contributed by atoms with Crippen LogP contribution in [0.5, 0.6) is 0 Å². The first-order valence-corrected chi connectivity index (χ1v) is 26.3. The summed E-state index contributed by atoms with van der Waals surface area (Å²) in [6, 6.07) is 5.34. The molecule has 1 aromatic heterocycles. The number of esters is 4. The van der Waals surface area contributed by atoms with E-state index in [0.29, 0.717) is 42.1 Å². The number of non-ortho nitro benzene ring substituents is 1. The number of methoxy groups -OCH3 is 1. The number of hydrogen-bond acceptors (Lipinski definition) is 21. The largest absolute Gasteiger partial charge is 0.462 e. The molecule has 16 atom stereocenters. The lowest BCUT2D eigenvalue weighted by molar-refractivity contribution is -0.384. The third-order valence-electron chi connectivity index (χ3n) is 14.4. The number of ether oxygens (including phenoxy) is 9. The number of aromatic nitrogens is 1. The fourth-order valence-corrected chi connectivity index (χ4v) is 10.5. The number of cyclic esters (lactones) is 1. The number of β-amino-alcohol motifs (C(OH)–C–C–N with tert-alkyl or cyclic N) is 1. The Balaban J connectivity index is 1.46. The first kappa shape index (κ1) is 61.8. The molecular weight excluding hydrogens is 993 g/mol. The predicted molar refractivity (Wildman–Crippen MR) is 275 cm³/mol. The van der Waals surface area contributed by atoms with Crippen molar-refractivity contribution in [2.24, 2.45) is 11.8 Å². The van der Waals surface area contributed by atoms with Crippen molar-refractivity contribution in [3.05, 3.63) is 52.2 Å². The molecule has 5 rings (SSSR count). The molecule has 3 aliphatic rings. The topological polar surface area (TPSA) is 271 Å². The van der Waals surface area contributed by atoms with E-state index in [1.54, 1.807) is 78.0 Å². The van der Waals surface area contributed by atoms with E-state index in [4.69, 9.17) is 42.6 Å². The van der Waals surface area contributed by atoms with Crippen LogP contribution in [0, 0.1) is 22.0 Å². The highest BCUT2D eigenvalue weighted by Crippen LogP contribution is 2.39. The number of nitrogens with zero attached hydrogens (tertiary/aromatic N) is 4. The molecule has 0 saturated carbocycles. The van der Waals surface area contributed by atoms with Crippen LogP contribution in [0.2, 0.25) is 0 Å². The van der Waals surface area contributed by atoms with Gasteiger partial charge in [0.1, 0.15) is 36.8 Å². The number of pyridine rings is 1. The number of fused-ring (bicyclic) bond motifs is 1. The van der Waals surface area contributed by atoms with Gasteiger partial charge in [0.15, 0.2) is 24.3 Å². The summed E-state index contributed by atoms with van der Waals surface area (Å²) < 4.78 is 56.0. The molecule has 3 fully saturated rings. The molecular formula is C54H80N4O18. The number of aldehydes is 1. The van der Waals surface area contributed by atoms with Crippen molar-refractivity contribution in [1.29, 1.82) is 0 Å². The molecule has 3 aliphatic heterocycles. The van der Waals surface area contributed by atoms with E-state index in [2.05, 4.69) is 4.98 Å². The highest BCUT2D eigenvalue weighted by Gasteiger charge is 2.54. The Morgan fingerprint density at radius 2 is 1.71 bits per heavy atom. The lowest BCUT2D eigenvalue weighted by Gasteiger charge is -2.50. The second kappa shape index (κ2) is 28.5. The Morgan fingerprint density at radius 3 is 2.36 bits per heavy atom. The number of carbonyl (C=O) groups excluding carboxylic acids is 5. The van der Waals surface area contributed by atoms with Gasteiger partial charge in [-0.15, -0.1) is 0 Å². The van der Waals surface area contributed by atoms with Gasteiger partial charge in [0.05, 0.1) is 47.3 Å². The van der Waals surface area contributed by atoms with Gasteiger partial charge in [0.2, 0.25) is 0 Å². The van der Waals surface area contributed by atoms with Gasteiger partial charge >= 0.3 is 23.9 Å². The molecule has 0 bridgehead atoms. The summed E-state index contributed by atoms with van der Waals surface area (Å²) in [6.07, 6.45) is -5.99. The minimum Gasteiger partial charge on any atom is -0.462 e. The smallest absolute Gasteiger partial charge is 0.309 e. The maximum absolute atomic E-state index is 14.2. The number of hydrogen-bond donors (Lipinski definition) is 2. The number of carbonyl (C=O) groups is 5. The average molecular weight is 1070 g/mol. The molecule has 4 heterocycles. The van der Waals surface area contributed by atoms with Gasteiger partial charge in [-0.25, -0.2) is 0 Å². The van der Waals surface area contributed by atoms with Crippen molar-refractivity contribution < 1.29 is 81.7 Å². The van der Waals surface area contributed by atoms with E-state index < -0.39 is 132 Å². The van der Waals surface area contributed by atoms with Crippen molar-refractivity contribution in [3.8, 4) is 0 Å². The van der Waals surface area contributed by atoms with Crippen LogP contribution in [0.25, 0.3) is 17.0 Å². The summed E-state index contributed by atoms with van der Waals surface area (Å²) >= 11 is 0. The summed E-state index contributed by atoms with van der Waals surface area (Å²) in [7, 11) is 6.70. The standard InChI is InChI=1S/C54H80N4O18/c1-12-43(62)72-42-27-45(64)71-39(17-14-16-35-25-37-26-38(58(66)67)19-20-40(37)55-29-35)18-15-22-57(10)30-41(61)31(3)24-36(21-23-59)50(51(42)68-11)75-53-48(65)47(56(8)9)49(32(4)70-53)74-46-28-54(7,76-34(6)60)52(33(5)69-46)73-44(63)13-2/h14,16,19-20,23,25-26,29,31-33,36,39,41-42,46-53,61,65H,12-13,15,17-18,21-22,24,27-28,30H2,1-11H3/b16-14+/t31-,32?,33?,36+,39+,41+,42-,46+,47?,48?,49+,50+,51+,52+,53+,54?/m1/s1. The molecule has 0 amide bonds. The Kier molecular flexibility index (Phi) is 23.2. The normalized spacial score (nSPS) is 33.6. The Hall–Kier alpha value is -5.04. The van der Waals surface area contributed by atoms with Crippen molar-refractivity contribution >= 4 is 52.8 Å². The summed E-state index contributed by atoms with van der Waals surface area (Å²) in [5.41, 5.74) is -0.155. The molecule has 22 heteroatoms. The number of likely N-dealkylation sites (N-methyl/N-ethyl adjacent to an activating group) is 2. The number of aliphatic hydroxyl groups excluding tert-OH is 2. The van der Waals surface area contributed by atoms with E-state index >= 15 is 0 Å². The van der Waals surface area contributed by atoms with Crippen LogP contribution >= 0.6 is 0 Å². The zero-order valence-corrected chi connectivity index (χ0v) is 45.8. The first-order chi connectivity index (χ1) is 36.0. The molecule has 76 heavy (non-hydrogen) atoms. The molecule has 22 nitrogen and oxygen atoms in total. The first-order valence-electron chi connectivity index (χ1n) is 26.3. The van der Waals surface area contributed by atoms with Crippen LogP contribution in [0.15, 0.2) is 36.5 Å². The van der Waals surface area contributed by atoms with Crippen molar-refractivity contribution in [2.75, 3.05) is 41.3 Å². The van der Waals surface area contributed by atoms with Gasteiger partial charge in [-0.05, 0) is 97.3 Å². The fraction of sp³-hybridized carbons (Fsp3) is 0.704. The van der Waals surface area contributed by atoms with Crippen LogP contribution in [0.4, 0.5) is 5.69 Å². The summed E-state index contributed by atoms with van der Waals surface area (Å²) in [4.78, 5) is 84.1. The van der Waals surface area contributed by atoms with Gasteiger partial charge in [-0.3, -0.25) is 34.3 Å². The molecule has 0 aliphatic carbocycles. The van der Waals surface area contributed by atoms with Gasteiger partial charge < -0.3 is 67.4 Å². The van der Waals surface area contributed by atoms with E-state index in [0.717, 1.165) is 0 Å². The van der Waals surface area contributed by atoms with Crippen molar-refractivity contribution in [2.45, 2.75) is 192 Å². The maximum atomic E-state index is 14.2. The van der Waals surface area contributed by atoms with Crippen molar-refractivity contribution in [3.63, 3.8) is 0 Å². The minimum atomic E-state index is -1.47. The summed E-state index contributed by atoms with van der Waals surface area (Å²) in [5, 5.41) is 36.1.